The number of carbonyl (C=O) groups excluding carboxylic acids is 1. The molecule has 0 unspecified atom stereocenters. The van der Waals surface area contributed by atoms with Crippen molar-refractivity contribution in [3.8, 4) is 11.3 Å². The topological polar surface area (TPSA) is 66.9 Å². The molecule has 1 aliphatic heterocycles. The minimum atomic E-state index is 0.0845. The molecule has 0 amide bonds. The van der Waals surface area contributed by atoms with Gasteiger partial charge in [-0.3, -0.25) is 9.78 Å². The maximum Gasteiger partial charge on any atom is 0.143 e. The molecule has 1 fully saturated rings. The van der Waals surface area contributed by atoms with Crippen LogP contribution in [-0.2, 0) is 11.2 Å². The Kier molecular flexibility index (Phi) is 7.40. The number of carbonyl (C=O) groups is 1. The minimum absolute atomic E-state index is 0.0845. The average Bonchev–Trinajstić information content (AvgIpc) is 2.70. The molecule has 0 radical (unpaired) electrons. The third-order valence-electron chi connectivity index (χ3n) is 5.07. The van der Waals surface area contributed by atoms with Crippen molar-refractivity contribution in [1.82, 2.24) is 15.3 Å². The van der Waals surface area contributed by atoms with Crippen molar-refractivity contribution in [3.05, 3.63) is 41.2 Å². The molecule has 0 aromatic carbocycles. The molecule has 6 heteroatoms. The van der Waals surface area contributed by atoms with E-state index >= 15 is 0 Å². The van der Waals surface area contributed by atoms with E-state index in [-0.39, 0.29) is 11.7 Å². The molecule has 0 saturated carbocycles. The van der Waals surface area contributed by atoms with Crippen LogP contribution in [-0.4, -0.2) is 35.4 Å². The second-order valence-corrected chi connectivity index (χ2v) is 8.27. The Bertz CT molecular complexity index is 803. The summed E-state index contributed by atoms with van der Waals surface area (Å²) in [5, 5.41) is 7.21. The van der Waals surface area contributed by atoms with E-state index in [4.69, 9.17) is 16.6 Å². The van der Waals surface area contributed by atoms with Gasteiger partial charge in [0.05, 0.1) is 10.7 Å². The fraction of sp³-hybridized carbons (Fsp3) is 0.500. The largest absolute Gasteiger partial charge is 0.370 e. The van der Waals surface area contributed by atoms with Gasteiger partial charge in [-0.2, -0.15) is 0 Å². The van der Waals surface area contributed by atoms with Crippen LogP contribution in [0.4, 0.5) is 5.82 Å². The van der Waals surface area contributed by atoms with Crippen LogP contribution in [0.2, 0.25) is 5.02 Å². The number of pyridine rings is 2. The summed E-state index contributed by atoms with van der Waals surface area (Å²) in [5.41, 5.74) is 2.35. The van der Waals surface area contributed by atoms with Crippen molar-refractivity contribution in [1.29, 1.82) is 0 Å². The van der Waals surface area contributed by atoms with Crippen molar-refractivity contribution in [2.45, 2.75) is 39.5 Å². The summed E-state index contributed by atoms with van der Waals surface area (Å²) in [4.78, 5) is 21.7. The maximum atomic E-state index is 12.6. The van der Waals surface area contributed by atoms with Crippen LogP contribution in [0.5, 0.6) is 0 Å². The number of hydrogen-bond acceptors (Lipinski definition) is 5. The lowest BCUT2D eigenvalue weighted by atomic mass is 9.92. The Morgan fingerprint density at radius 2 is 2.25 bits per heavy atom. The van der Waals surface area contributed by atoms with Crippen LogP contribution in [0.3, 0.4) is 0 Å². The zero-order chi connectivity index (χ0) is 19.9. The van der Waals surface area contributed by atoms with Gasteiger partial charge in [-0.1, -0.05) is 31.5 Å². The van der Waals surface area contributed by atoms with Gasteiger partial charge in [0.15, 0.2) is 0 Å². The molecule has 2 aromatic rings. The van der Waals surface area contributed by atoms with Crippen molar-refractivity contribution in [2.75, 3.05) is 25.0 Å². The Morgan fingerprint density at radius 1 is 1.39 bits per heavy atom. The lowest BCUT2D eigenvalue weighted by Gasteiger charge is -2.21. The number of aromatic nitrogens is 2. The van der Waals surface area contributed by atoms with Crippen molar-refractivity contribution < 1.29 is 4.79 Å². The molecule has 2 aromatic heterocycles. The van der Waals surface area contributed by atoms with Gasteiger partial charge in [-0.25, -0.2) is 4.98 Å². The maximum absolute atomic E-state index is 12.6. The highest BCUT2D eigenvalue weighted by Gasteiger charge is 2.21. The van der Waals surface area contributed by atoms with E-state index in [0.29, 0.717) is 17.4 Å². The van der Waals surface area contributed by atoms with Crippen LogP contribution in [0.25, 0.3) is 11.3 Å². The van der Waals surface area contributed by atoms with Crippen molar-refractivity contribution >= 4 is 23.2 Å². The number of rotatable bonds is 8. The number of halogens is 1. The highest BCUT2D eigenvalue weighted by Crippen LogP contribution is 2.28. The van der Waals surface area contributed by atoms with Crippen LogP contribution in [0.1, 0.15) is 38.8 Å². The van der Waals surface area contributed by atoms with Crippen LogP contribution in [0, 0.1) is 11.8 Å². The molecule has 0 bridgehead atoms. The van der Waals surface area contributed by atoms with E-state index in [1.807, 2.05) is 24.3 Å². The SMILES string of the molecule is CC(C)CCNc1cccc(-c2cc(CC(=O)[C@@H]3CCCNC3)ncc2Cl)n1. The minimum Gasteiger partial charge on any atom is -0.370 e. The summed E-state index contributed by atoms with van der Waals surface area (Å²) in [7, 11) is 0. The van der Waals surface area contributed by atoms with Crippen molar-refractivity contribution in [2.24, 2.45) is 11.8 Å². The summed E-state index contributed by atoms with van der Waals surface area (Å²) in [5.74, 6) is 1.80. The molecule has 0 aliphatic carbocycles. The van der Waals surface area contributed by atoms with Gasteiger partial charge in [-0.05, 0) is 49.9 Å². The van der Waals surface area contributed by atoms with Crippen molar-refractivity contribution in [3.63, 3.8) is 0 Å². The fourth-order valence-corrected chi connectivity index (χ4v) is 3.60. The number of anilines is 1. The van der Waals surface area contributed by atoms with Gasteiger partial charge in [0.1, 0.15) is 11.6 Å². The summed E-state index contributed by atoms with van der Waals surface area (Å²) in [6.07, 6.45) is 5.06. The first-order valence-corrected chi connectivity index (χ1v) is 10.5. The zero-order valence-corrected chi connectivity index (χ0v) is 17.4. The molecule has 28 heavy (non-hydrogen) atoms. The summed E-state index contributed by atoms with van der Waals surface area (Å²) < 4.78 is 0. The highest BCUT2D eigenvalue weighted by atomic mass is 35.5. The number of hydrogen-bond donors (Lipinski definition) is 2. The first-order chi connectivity index (χ1) is 13.5. The summed E-state index contributed by atoms with van der Waals surface area (Å²) in [6, 6.07) is 7.76. The predicted molar refractivity (Wildman–Crippen MR) is 115 cm³/mol. The number of piperidine rings is 1. The first-order valence-electron chi connectivity index (χ1n) is 10.1. The summed E-state index contributed by atoms with van der Waals surface area (Å²) >= 11 is 6.40. The van der Waals surface area contributed by atoms with E-state index in [0.717, 1.165) is 61.7 Å². The Balaban J connectivity index is 1.73. The number of ketones is 1. The lowest BCUT2D eigenvalue weighted by Crippen LogP contribution is -2.35. The molecule has 1 atom stereocenters. The van der Waals surface area contributed by atoms with Crippen LogP contribution >= 0.6 is 11.6 Å². The first kappa shape index (κ1) is 20.7. The smallest absolute Gasteiger partial charge is 0.143 e. The van der Waals surface area contributed by atoms with E-state index in [1.54, 1.807) is 6.20 Å². The molecule has 1 saturated heterocycles. The highest BCUT2D eigenvalue weighted by molar-refractivity contribution is 6.33. The third-order valence-corrected chi connectivity index (χ3v) is 5.37. The molecule has 1 aliphatic rings. The zero-order valence-electron chi connectivity index (χ0n) is 16.7. The average molecular weight is 401 g/mol. The molecular formula is C22H29ClN4O. The molecule has 3 heterocycles. The van der Waals surface area contributed by atoms with Gasteiger partial charge >= 0.3 is 0 Å². The van der Waals surface area contributed by atoms with Gasteiger partial charge < -0.3 is 10.6 Å². The second kappa shape index (κ2) is 9.99. The number of nitrogens with one attached hydrogen (secondary N) is 2. The van der Waals surface area contributed by atoms with Gasteiger partial charge in [0, 0.05) is 42.9 Å². The molecule has 3 rings (SSSR count). The van der Waals surface area contributed by atoms with Crippen LogP contribution in [0.15, 0.2) is 30.5 Å². The normalized spacial score (nSPS) is 16.9. The molecule has 5 nitrogen and oxygen atoms in total. The predicted octanol–water partition coefficient (Wildman–Crippen LogP) is 4.37. The molecule has 0 spiro atoms. The van der Waals surface area contributed by atoms with E-state index < -0.39 is 0 Å². The summed E-state index contributed by atoms with van der Waals surface area (Å²) in [6.45, 7) is 7.06. The van der Waals surface area contributed by atoms with Gasteiger partial charge in [0.25, 0.3) is 0 Å². The fourth-order valence-electron chi connectivity index (χ4n) is 3.40. The Morgan fingerprint density at radius 3 is 3.00 bits per heavy atom. The third kappa shape index (κ3) is 5.76. The standard InChI is InChI=1S/C22H29ClN4O/c1-15(2)8-10-25-22-7-3-6-20(27-22)18-11-17(26-14-19(18)23)12-21(28)16-5-4-9-24-13-16/h3,6-7,11,14-16,24H,4-5,8-10,12-13H2,1-2H3,(H,25,27)/t16-/m1/s1. The van der Waals surface area contributed by atoms with E-state index in [9.17, 15) is 4.79 Å². The van der Waals surface area contributed by atoms with Gasteiger partial charge in [0.2, 0.25) is 0 Å². The van der Waals surface area contributed by atoms with E-state index in [2.05, 4.69) is 29.5 Å². The Hall–Kier alpha value is -1.98. The quantitative estimate of drug-likeness (QED) is 0.688. The Labute approximate surface area is 172 Å². The van der Waals surface area contributed by atoms with Crippen LogP contribution < -0.4 is 10.6 Å². The molecular weight excluding hydrogens is 372 g/mol. The lowest BCUT2D eigenvalue weighted by molar-refractivity contribution is -0.122. The second-order valence-electron chi connectivity index (χ2n) is 7.86. The molecule has 2 N–H and O–H groups in total. The van der Waals surface area contributed by atoms with E-state index in [1.165, 1.54) is 0 Å². The molecule has 150 valence electrons. The number of Topliss-reactive ketones (excluding diaryl/α,β-unsaturated/α-hetero) is 1. The monoisotopic (exact) mass is 400 g/mol. The number of nitrogens with zero attached hydrogens (tertiary/aromatic N) is 2. The van der Waals surface area contributed by atoms with Gasteiger partial charge in [-0.15, -0.1) is 0 Å².